The SMILES string of the molecule is Cn1cc([N+](=O)[O-])c(NCC2CC3CCC2C3)n1. The van der Waals surface area contributed by atoms with Gasteiger partial charge >= 0.3 is 5.69 Å². The van der Waals surface area contributed by atoms with Gasteiger partial charge in [-0.25, -0.2) is 0 Å². The van der Waals surface area contributed by atoms with Gasteiger partial charge in [-0.15, -0.1) is 5.10 Å². The second kappa shape index (κ2) is 4.26. The summed E-state index contributed by atoms with van der Waals surface area (Å²) >= 11 is 0. The van der Waals surface area contributed by atoms with Crippen LogP contribution in [0.4, 0.5) is 11.5 Å². The second-order valence-electron chi connectivity index (χ2n) is 5.61. The monoisotopic (exact) mass is 250 g/mol. The predicted octanol–water partition coefficient (Wildman–Crippen LogP) is 2.18. The van der Waals surface area contributed by atoms with Crippen LogP contribution in [0, 0.1) is 27.9 Å². The van der Waals surface area contributed by atoms with Crippen molar-refractivity contribution in [1.82, 2.24) is 9.78 Å². The molecule has 1 aromatic rings. The minimum Gasteiger partial charge on any atom is -0.363 e. The van der Waals surface area contributed by atoms with E-state index in [-0.39, 0.29) is 10.6 Å². The molecular formula is C12H18N4O2. The van der Waals surface area contributed by atoms with Crippen molar-refractivity contribution in [3.63, 3.8) is 0 Å². The molecule has 2 fully saturated rings. The maximum atomic E-state index is 10.9. The van der Waals surface area contributed by atoms with Crippen molar-refractivity contribution in [3.05, 3.63) is 16.3 Å². The summed E-state index contributed by atoms with van der Waals surface area (Å²) in [6, 6.07) is 0. The van der Waals surface area contributed by atoms with Gasteiger partial charge in [0.2, 0.25) is 5.82 Å². The van der Waals surface area contributed by atoms with Crippen LogP contribution in [-0.4, -0.2) is 21.2 Å². The Bertz CT molecular complexity index is 471. The summed E-state index contributed by atoms with van der Waals surface area (Å²) in [6.45, 7) is 0.818. The fourth-order valence-corrected chi connectivity index (χ4v) is 3.59. The van der Waals surface area contributed by atoms with E-state index in [0.29, 0.717) is 11.7 Å². The Balaban J connectivity index is 1.65. The maximum absolute atomic E-state index is 10.9. The topological polar surface area (TPSA) is 73.0 Å². The number of hydrogen-bond acceptors (Lipinski definition) is 4. The lowest BCUT2D eigenvalue weighted by molar-refractivity contribution is -0.384. The highest BCUT2D eigenvalue weighted by atomic mass is 16.6. The molecule has 2 aliphatic carbocycles. The summed E-state index contributed by atoms with van der Waals surface area (Å²) in [4.78, 5) is 10.5. The van der Waals surface area contributed by atoms with E-state index in [1.165, 1.54) is 36.6 Å². The summed E-state index contributed by atoms with van der Waals surface area (Å²) in [7, 11) is 1.70. The van der Waals surface area contributed by atoms with Gasteiger partial charge in [-0.05, 0) is 37.0 Å². The number of aryl methyl sites for hydroxylation is 1. The van der Waals surface area contributed by atoms with Crippen LogP contribution in [-0.2, 0) is 7.05 Å². The molecule has 3 rings (SSSR count). The number of anilines is 1. The molecule has 3 atom stereocenters. The first-order valence-corrected chi connectivity index (χ1v) is 6.55. The fraction of sp³-hybridized carbons (Fsp3) is 0.750. The molecule has 18 heavy (non-hydrogen) atoms. The van der Waals surface area contributed by atoms with Gasteiger partial charge in [-0.3, -0.25) is 14.8 Å². The summed E-state index contributed by atoms with van der Waals surface area (Å²) in [5.41, 5.74) is 0.0701. The van der Waals surface area contributed by atoms with E-state index in [1.54, 1.807) is 7.05 Å². The van der Waals surface area contributed by atoms with E-state index in [1.807, 2.05) is 0 Å². The number of rotatable bonds is 4. The molecule has 1 N–H and O–H groups in total. The van der Waals surface area contributed by atoms with E-state index in [4.69, 9.17) is 0 Å². The van der Waals surface area contributed by atoms with Crippen molar-refractivity contribution in [2.75, 3.05) is 11.9 Å². The summed E-state index contributed by atoms with van der Waals surface area (Å²) < 4.78 is 1.49. The molecule has 0 amide bonds. The van der Waals surface area contributed by atoms with Crippen molar-refractivity contribution in [2.24, 2.45) is 24.8 Å². The van der Waals surface area contributed by atoms with Crippen molar-refractivity contribution < 1.29 is 4.92 Å². The molecule has 0 spiro atoms. The number of nitrogens with zero attached hydrogens (tertiary/aromatic N) is 3. The van der Waals surface area contributed by atoms with Gasteiger partial charge in [-0.2, -0.15) is 0 Å². The average molecular weight is 250 g/mol. The third kappa shape index (κ3) is 1.95. The Hall–Kier alpha value is -1.59. The molecule has 98 valence electrons. The van der Waals surface area contributed by atoms with Crippen LogP contribution in [0.2, 0.25) is 0 Å². The van der Waals surface area contributed by atoms with Crippen LogP contribution in [0.1, 0.15) is 25.7 Å². The zero-order valence-electron chi connectivity index (χ0n) is 10.5. The third-order valence-corrected chi connectivity index (χ3v) is 4.42. The Kier molecular flexibility index (Phi) is 2.72. The Morgan fingerprint density at radius 2 is 2.39 bits per heavy atom. The van der Waals surface area contributed by atoms with Crippen LogP contribution < -0.4 is 5.32 Å². The van der Waals surface area contributed by atoms with Crippen LogP contribution in [0.25, 0.3) is 0 Å². The van der Waals surface area contributed by atoms with E-state index in [2.05, 4.69) is 10.4 Å². The van der Waals surface area contributed by atoms with E-state index < -0.39 is 0 Å². The molecule has 6 nitrogen and oxygen atoms in total. The van der Waals surface area contributed by atoms with Crippen LogP contribution in [0.15, 0.2) is 6.20 Å². The fourth-order valence-electron chi connectivity index (χ4n) is 3.59. The number of fused-ring (bicyclic) bond motifs is 2. The summed E-state index contributed by atoms with van der Waals surface area (Å²) in [5, 5.41) is 18.2. The average Bonchev–Trinajstić information content (AvgIpc) is 3.00. The van der Waals surface area contributed by atoms with Gasteiger partial charge < -0.3 is 5.32 Å². The Labute approximate surface area is 106 Å². The lowest BCUT2D eigenvalue weighted by Gasteiger charge is -2.21. The zero-order chi connectivity index (χ0) is 12.7. The van der Waals surface area contributed by atoms with Crippen molar-refractivity contribution in [1.29, 1.82) is 0 Å². The maximum Gasteiger partial charge on any atom is 0.330 e. The van der Waals surface area contributed by atoms with Crippen LogP contribution in [0.3, 0.4) is 0 Å². The van der Waals surface area contributed by atoms with E-state index in [0.717, 1.165) is 18.4 Å². The second-order valence-corrected chi connectivity index (χ2v) is 5.61. The molecule has 1 heterocycles. The quantitative estimate of drug-likeness (QED) is 0.656. The first kappa shape index (κ1) is 11.5. The summed E-state index contributed by atoms with van der Waals surface area (Å²) in [5.74, 6) is 2.81. The van der Waals surface area contributed by atoms with E-state index >= 15 is 0 Å². The van der Waals surface area contributed by atoms with Gasteiger partial charge in [-0.1, -0.05) is 6.42 Å². The molecule has 0 aromatic carbocycles. The molecular weight excluding hydrogens is 232 g/mol. The minimum absolute atomic E-state index is 0.0701. The molecule has 2 bridgehead atoms. The number of hydrogen-bond donors (Lipinski definition) is 1. The number of nitro groups is 1. The molecule has 3 unspecified atom stereocenters. The van der Waals surface area contributed by atoms with Gasteiger partial charge in [0.25, 0.3) is 0 Å². The molecule has 0 radical (unpaired) electrons. The molecule has 0 saturated heterocycles. The van der Waals surface area contributed by atoms with Crippen LogP contribution >= 0.6 is 0 Å². The standard InChI is InChI=1S/C12H18N4O2/c1-15-7-11(16(17)18)12(14-15)13-6-10-5-8-2-3-9(10)4-8/h7-10H,2-6H2,1H3,(H,13,14). The van der Waals surface area contributed by atoms with Gasteiger partial charge in [0.1, 0.15) is 6.20 Å². The number of nitrogens with one attached hydrogen (secondary N) is 1. The van der Waals surface area contributed by atoms with Crippen molar-refractivity contribution >= 4 is 11.5 Å². The lowest BCUT2D eigenvalue weighted by atomic mass is 9.89. The van der Waals surface area contributed by atoms with Crippen molar-refractivity contribution in [3.8, 4) is 0 Å². The Morgan fingerprint density at radius 3 is 3.00 bits per heavy atom. The lowest BCUT2D eigenvalue weighted by Crippen LogP contribution is -2.20. The molecule has 1 aromatic heterocycles. The first-order chi connectivity index (χ1) is 8.63. The van der Waals surface area contributed by atoms with Gasteiger partial charge in [0.05, 0.1) is 4.92 Å². The molecule has 2 saturated carbocycles. The van der Waals surface area contributed by atoms with Crippen molar-refractivity contribution in [2.45, 2.75) is 25.7 Å². The minimum atomic E-state index is -0.379. The Morgan fingerprint density at radius 1 is 1.56 bits per heavy atom. The van der Waals surface area contributed by atoms with Gasteiger partial charge in [0, 0.05) is 13.6 Å². The molecule has 2 aliphatic rings. The normalized spacial score (nSPS) is 29.7. The highest BCUT2D eigenvalue weighted by Gasteiger charge is 2.39. The smallest absolute Gasteiger partial charge is 0.330 e. The number of aromatic nitrogens is 2. The largest absolute Gasteiger partial charge is 0.363 e. The first-order valence-electron chi connectivity index (χ1n) is 6.55. The zero-order valence-corrected chi connectivity index (χ0v) is 10.5. The highest BCUT2D eigenvalue weighted by molar-refractivity contribution is 5.54. The third-order valence-electron chi connectivity index (χ3n) is 4.42. The van der Waals surface area contributed by atoms with Crippen LogP contribution in [0.5, 0.6) is 0 Å². The molecule has 6 heteroatoms. The van der Waals surface area contributed by atoms with E-state index in [9.17, 15) is 10.1 Å². The molecule has 0 aliphatic heterocycles. The highest BCUT2D eigenvalue weighted by Crippen LogP contribution is 2.48. The summed E-state index contributed by atoms with van der Waals surface area (Å²) in [6.07, 6.45) is 6.80. The van der Waals surface area contributed by atoms with Gasteiger partial charge in [0.15, 0.2) is 0 Å². The predicted molar refractivity (Wildman–Crippen MR) is 67.3 cm³/mol.